The minimum atomic E-state index is -1.53. The van der Waals surface area contributed by atoms with Crippen LogP contribution in [0.5, 0.6) is 0 Å². The summed E-state index contributed by atoms with van der Waals surface area (Å²) in [7, 11) is 0. The highest BCUT2D eigenvalue weighted by Gasteiger charge is 2.73. The number of aliphatic hydroxyl groups is 1. The Bertz CT molecular complexity index is 952. The number of esters is 1. The molecule has 3 saturated carbocycles. The Morgan fingerprint density at radius 1 is 1.28 bits per heavy atom. The van der Waals surface area contributed by atoms with Crippen LogP contribution < -0.4 is 0 Å². The van der Waals surface area contributed by atoms with E-state index in [0.29, 0.717) is 12.8 Å². The molecule has 0 aromatic heterocycles. The quantitative estimate of drug-likeness (QED) is 0.463. The van der Waals surface area contributed by atoms with Gasteiger partial charge in [0.25, 0.3) is 0 Å². The van der Waals surface area contributed by atoms with Crippen molar-refractivity contribution in [3.05, 3.63) is 23.8 Å². The number of allylic oxidation sites excluding steroid dienone is 4. The molecule has 0 unspecified atom stereocenters. The van der Waals surface area contributed by atoms with Gasteiger partial charge in [-0.05, 0) is 36.8 Å². The molecular formula is C25H31BrO6. The Balaban J connectivity index is 1.85. The number of rotatable bonds is 4. The molecule has 0 spiro atoms. The van der Waals surface area contributed by atoms with Gasteiger partial charge in [0.15, 0.2) is 11.4 Å². The lowest BCUT2D eigenvalue weighted by molar-refractivity contribution is -0.196. The third-order valence-electron chi connectivity index (χ3n) is 8.91. The fraction of sp³-hybridized carbons (Fsp3) is 0.680. The number of hydrogen-bond donors (Lipinski definition) is 1. The van der Waals surface area contributed by atoms with Crippen molar-refractivity contribution in [2.24, 2.45) is 34.5 Å². The summed E-state index contributed by atoms with van der Waals surface area (Å²) in [5, 5.41) is 9.86. The highest BCUT2D eigenvalue weighted by atomic mass is 79.9. The summed E-state index contributed by atoms with van der Waals surface area (Å²) in [4.78, 5) is 51.5. The van der Waals surface area contributed by atoms with Gasteiger partial charge in [-0.25, -0.2) is 0 Å². The van der Waals surface area contributed by atoms with Crippen LogP contribution in [0, 0.1) is 34.5 Å². The van der Waals surface area contributed by atoms with Gasteiger partial charge in [0, 0.05) is 40.3 Å². The van der Waals surface area contributed by atoms with Crippen LogP contribution in [0.15, 0.2) is 23.8 Å². The van der Waals surface area contributed by atoms with Crippen LogP contribution in [0.25, 0.3) is 0 Å². The lowest BCUT2D eigenvalue weighted by atomic mass is 9.46. The number of alkyl halides is 1. The van der Waals surface area contributed by atoms with E-state index in [1.165, 1.54) is 0 Å². The molecule has 1 N–H and O–H groups in total. The molecule has 0 bridgehead atoms. The summed E-state index contributed by atoms with van der Waals surface area (Å²) in [6.45, 7) is 6.74. The lowest BCUT2D eigenvalue weighted by Crippen LogP contribution is -2.64. The van der Waals surface area contributed by atoms with Crippen LogP contribution in [0.2, 0.25) is 0 Å². The van der Waals surface area contributed by atoms with Gasteiger partial charge in [0.2, 0.25) is 5.78 Å². The molecule has 0 heterocycles. The number of fused-ring (bicyclic) bond motifs is 5. The van der Waals surface area contributed by atoms with Gasteiger partial charge < -0.3 is 9.84 Å². The molecule has 0 amide bonds. The Kier molecular flexibility index (Phi) is 5.69. The zero-order valence-corrected chi connectivity index (χ0v) is 20.6. The van der Waals surface area contributed by atoms with Gasteiger partial charge in [0.05, 0.1) is 0 Å². The smallest absolute Gasteiger partial charge is 0.306 e. The molecule has 7 heteroatoms. The van der Waals surface area contributed by atoms with E-state index in [2.05, 4.69) is 15.9 Å². The van der Waals surface area contributed by atoms with Crippen molar-refractivity contribution in [3.63, 3.8) is 0 Å². The van der Waals surface area contributed by atoms with Crippen LogP contribution in [0.4, 0.5) is 0 Å². The first-order chi connectivity index (χ1) is 15.0. The third kappa shape index (κ3) is 2.92. The first-order valence-corrected chi connectivity index (χ1v) is 12.3. The lowest BCUT2D eigenvalue weighted by Gasteiger charge is -2.58. The second kappa shape index (κ2) is 7.73. The van der Waals surface area contributed by atoms with Gasteiger partial charge in [-0.1, -0.05) is 55.3 Å². The summed E-state index contributed by atoms with van der Waals surface area (Å²) < 4.78 is 5.91. The zero-order valence-electron chi connectivity index (χ0n) is 19.0. The number of carbonyl (C=O) groups excluding carboxylic acids is 4. The fourth-order valence-electron chi connectivity index (χ4n) is 7.51. The Hall–Kier alpha value is -1.60. The van der Waals surface area contributed by atoms with E-state index in [-0.39, 0.29) is 52.9 Å². The monoisotopic (exact) mass is 506 g/mol. The predicted molar refractivity (Wildman–Crippen MR) is 121 cm³/mol. The van der Waals surface area contributed by atoms with Gasteiger partial charge >= 0.3 is 5.97 Å². The number of hydrogen-bond acceptors (Lipinski definition) is 6. The minimum Gasteiger partial charge on any atom is -0.450 e. The van der Waals surface area contributed by atoms with E-state index in [0.717, 1.165) is 5.57 Å². The number of halogens is 1. The van der Waals surface area contributed by atoms with Crippen molar-refractivity contribution in [1.82, 2.24) is 0 Å². The Labute approximate surface area is 197 Å². The third-order valence-corrected chi connectivity index (χ3v) is 9.84. The Morgan fingerprint density at radius 2 is 1.97 bits per heavy atom. The SMILES string of the molecule is CCC(=O)O[C@@]1(C(=O)CO)[C@H](C)C[C@H]2[C@@H]3[C@H](Br)CC4=CC(=O)C=C[C@]4(C)[C@H]3C(=O)C[C@@]21C. The number of Topliss-reactive ketones (excluding diaryl/α,β-unsaturated/α-hetero) is 2. The Morgan fingerprint density at radius 3 is 2.59 bits per heavy atom. The molecule has 0 radical (unpaired) electrons. The summed E-state index contributed by atoms with van der Waals surface area (Å²) >= 11 is 3.83. The van der Waals surface area contributed by atoms with Crippen molar-refractivity contribution >= 4 is 39.2 Å². The van der Waals surface area contributed by atoms with Gasteiger partial charge in [-0.2, -0.15) is 0 Å². The van der Waals surface area contributed by atoms with E-state index in [1.807, 2.05) is 26.8 Å². The molecule has 0 aliphatic heterocycles. The highest BCUT2D eigenvalue weighted by Crippen LogP contribution is 2.69. The van der Waals surface area contributed by atoms with E-state index in [4.69, 9.17) is 4.74 Å². The average Bonchev–Trinajstić information content (AvgIpc) is 2.95. The zero-order chi connectivity index (χ0) is 23.6. The number of aliphatic hydroxyl groups excluding tert-OH is 1. The summed E-state index contributed by atoms with van der Waals surface area (Å²) in [6.07, 6.45) is 6.55. The first-order valence-electron chi connectivity index (χ1n) is 11.4. The number of carbonyl (C=O) groups is 4. The molecule has 4 rings (SSSR count). The summed E-state index contributed by atoms with van der Waals surface area (Å²) in [5.74, 6) is -1.87. The molecule has 174 valence electrons. The van der Waals surface area contributed by atoms with Gasteiger partial charge in [-0.3, -0.25) is 19.2 Å². The maximum Gasteiger partial charge on any atom is 0.306 e. The highest BCUT2D eigenvalue weighted by molar-refractivity contribution is 9.09. The molecule has 0 aromatic rings. The van der Waals surface area contributed by atoms with Crippen molar-refractivity contribution in [3.8, 4) is 0 Å². The topological polar surface area (TPSA) is 97.7 Å². The second-order valence-electron chi connectivity index (χ2n) is 10.4. The van der Waals surface area contributed by atoms with Gasteiger partial charge in [-0.15, -0.1) is 0 Å². The largest absolute Gasteiger partial charge is 0.450 e. The predicted octanol–water partition coefficient (Wildman–Crippen LogP) is 3.35. The van der Waals surface area contributed by atoms with Crippen LogP contribution in [0.3, 0.4) is 0 Å². The molecule has 4 aliphatic carbocycles. The molecule has 32 heavy (non-hydrogen) atoms. The van der Waals surface area contributed by atoms with Crippen LogP contribution in [-0.4, -0.2) is 45.5 Å². The van der Waals surface area contributed by atoms with E-state index in [1.54, 1.807) is 19.1 Å². The molecular weight excluding hydrogens is 476 g/mol. The van der Waals surface area contributed by atoms with Crippen molar-refractivity contribution < 1.29 is 29.0 Å². The fourth-order valence-corrected chi connectivity index (χ4v) is 8.53. The maximum atomic E-state index is 13.8. The van der Waals surface area contributed by atoms with E-state index >= 15 is 0 Å². The molecule has 4 aliphatic rings. The molecule has 3 fully saturated rings. The molecule has 6 nitrogen and oxygen atoms in total. The molecule has 0 aromatic carbocycles. The number of ether oxygens (including phenoxy) is 1. The average molecular weight is 507 g/mol. The number of ketones is 3. The standard InChI is InChI=1S/C25H31BrO6/c1-5-20(31)32-25(19(30)12-27)13(2)8-16-21-17(26)10-14-9-15(28)6-7-23(14,3)22(21)18(29)11-24(16,25)4/h6-7,9,13,16-17,21-22,27H,5,8,10-12H2,1-4H3/t13-,16+,17-,21-,22+,23+,24+,25-/m1/s1. The van der Waals surface area contributed by atoms with E-state index < -0.39 is 34.8 Å². The summed E-state index contributed by atoms with van der Waals surface area (Å²) in [6, 6.07) is 0. The summed E-state index contributed by atoms with van der Waals surface area (Å²) in [5.41, 5.74) is -2.02. The van der Waals surface area contributed by atoms with Crippen molar-refractivity contribution in [1.29, 1.82) is 0 Å². The minimum absolute atomic E-state index is 0.0158. The normalized spacial score (nSPS) is 44.9. The molecule has 0 saturated heterocycles. The molecule has 8 atom stereocenters. The maximum absolute atomic E-state index is 13.8. The van der Waals surface area contributed by atoms with Crippen LogP contribution in [0.1, 0.15) is 53.4 Å². The van der Waals surface area contributed by atoms with Crippen molar-refractivity contribution in [2.75, 3.05) is 6.61 Å². The van der Waals surface area contributed by atoms with E-state index in [9.17, 15) is 24.3 Å². The van der Waals surface area contributed by atoms with Crippen LogP contribution in [-0.2, 0) is 23.9 Å². The van der Waals surface area contributed by atoms with Crippen molar-refractivity contribution in [2.45, 2.75) is 63.8 Å². The van der Waals surface area contributed by atoms with Crippen LogP contribution >= 0.6 is 15.9 Å². The second-order valence-corrected chi connectivity index (χ2v) is 11.6. The first kappa shape index (κ1) is 23.6. The van der Waals surface area contributed by atoms with Gasteiger partial charge in [0.1, 0.15) is 12.4 Å².